The Morgan fingerprint density at radius 3 is 2.74 bits per heavy atom. The zero-order valence-electron chi connectivity index (χ0n) is 19.6. The molecule has 4 rings (SSSR count). The minimum Gasteiger partial charge on any atom is -0.482 e. The van der Waals surface area contributed by atoms with Crippen LogP contribution >= 0.6 is 22.6 Å². The smallest absolute Gasteiger partial charge is 0.247 e. The lowest BCUT2D eigenvalue weighted by Gasteiger charge is -2.42. The largest absolute Gasteiger partial charge is 0.482 e. The summed E-state index contributed by atoms with van der Waals surface area (Å²) in [6, 6.07) is 6.77. The highest BCUT2D eigenvalue weighted by atomic mass is 127. The number of aliphatic hydroxyl groups is 2. The van der Waals surface area contributed by atoms with Crippen molar-refractivity contribution in [2.24, 2.45) is 5.92 Å². The number of amides is 2. The molecule has 9 nitrogen and oxygen atoms in total. The highest BCUT2D eigenvalue weighted by Crippen LogP contribution is 2.32. The van der Waals surface area contributed by atoms with Gasteiger partial charge >= 0.3 is 0 Å². The van der Waals surface area contributed by atoms with E-state index in [0.29, 0.717) is 44.1 Å². The number of nitrogens with one attached hydrogen (secondary N) is 1. The molecule has 0 saturated carbocycles. The van der Waals surface area contributed by atoms with E-state index in [2.05, 4.69) is 27.9 Å². The Balaban J connectivity index is 1.63. The van der Waals surface area contributed by atoms with E-state index in [-0.39, 0.29) is 43.4 Å². The molecule has 1 aromatic rings. The Labute approximate surface area is 218 Å². The second kappa shape index (κ2) is 12.5. The van der Waals surface area contributed by atoms with Crippen molar-refractivity contribution < 1.29 is 34.0 Å². The van der Waals surface area contributed by atoms with E-state index >= 15 is 0 Å². The predicted molar refractivity (Wildman–Crippen MR) is 136 cm³/mol. The maximum Gasteiger partial charge on any atom is 0.247 e. The fourth-order valence-electron chi connectivity index (χ4n) is 4.83. The third kappa shape index (κ3) is 6.53. The Hall–Kier alpha value is -1.73. The Morgan fingerprint density at radius 1 is 1.23 bits per heavy atom. The van der Waals surface area contributed by atoms with Crippen molar-refractivity contribution in [3.63, 3.8) is 0 Å². The standard InChI is InChI=1S/C25H33IN2O7/c26-19-5-1-2-6-21(19)35-22-13-17(24(31)27-8-9-29)12-20(23(22)30)28(14-18-4-3-10-34-18)25(32)16-7-11-33-15-16/h1-2,5-6,13,16,18,20,22-23,29-30H,3-4,7-12,14-15H2,(H,27,31)/t16?,18-,20-,22+,23+/m1/s1. The van der Waals surface area contributed by atoms with E-state index in [1.165, 1.54) is 0 Å². The summed E-state index contributed by atoms with van der Waals surface area (Å²) in [5.41, 5.74) is 0.414. The number of rotatable bonds is 9. The molecule has 3 N–H and O–H groups in total. The number of carbonyl (C=O) groups excluding carboxylic acids is 2. The molecule has 10 heteroatoms. The molecule has 2 saturated heterocycles. The number of nitrogens with zero attached hydrogens (tertiary/aromatic N) is 1. The first-order valence-electron chi connectivity index (χ1n) is 12.2. The molecule has 1 aliphatic carbocycles. The van der Waals surface area contributed by atoms with Crippen molar-refractivity contribution in [3.05, 3.63) is 39.5 Å². The Bertz CT molecular complexity index is 915. The molecule has 5 atom stereocenters. The van der Waals surface area contributed by atoms with Crippen LogP contribution in [0.5, 0.6) is 5.75 Å². The molecule has 35 heavy (non-hydrogen) atoms. The molecule has 2 aliphatic heterocycles. The molecule has 1 unspecified atom stereocenters. The molecule has 2 heterocycles. The van der Waals surface area contributed by atoms with Crippen LogP contribution in [0.25, 0.3) is 0 Å². The summed E-state index contributed by atoms with van der Waals surface area (Å²) in [6.07, 6.45) is 2.22. The SMILES string of the molecule is O=C(NCCO)C1=C[C@H](Oc2ccccc2I)[C@@H](O)[C@H](N(C[C@H]2CCCO2)C(=O)C2CCOC2)C1. The van der Waals surface area contributed by atoms with Gasteiger partial charge in [-0.05, 0) is 60.1 Å². The fraction of sp³-hybridized carbons (Fsp3) is 0.600. The second-order valence-electron chi connectivity index (χ2n) is 9.13. The maximum atomic E-state index is 13.6. The van der Waals surface area contributed by atoms with Crippen molar-refractivity contribution in [1.82, 2.24) is 10.2 Å². The predicted octanol–water partition coefficient (Wildman–Crippen LogP) is 1.25. The monoisotopic (exact) mass is 600 g/mol. The first kappa shape index (κ1) is 26.3. The maximum absolute atomic E-state index is 13.6. The van der Waals surface area contributed by atoms with Gasteiger partial charge in [-0.25, -0.2) is 0 Å². The third-order valence-corrected chi connectivity index (χ3v) is 7.59. The van der Waals surface area contributed by atoms with Gasteiger partial charge in [0.25, 0.3) is 0 Å². The molecule has 192 valence electrons. The number of ether oxygens (including phenoxy) is 3. The van der Waals surface area contributed by atoms with Crippen molar-refractivity contribution >= 4 is 34.4 Å². The van der Waals surface area contributed by atoms with Crippen LogP contribution in [0.1, 0.15) is 25.7 Å². The van der Waals surface area contributed by atoms with Crippen LogP contribution in [0.3, 0.4) is 0 Å². The van der Waals surface area contributed by atoms with Gasteiger partial charge in [0, 0.05) is 38.3 Å². The average Bonchev–Trinajstić information content (AvgIpc) is 3.58. The number of carbonyl (C=O) groups is 2. The van der Waals surface area contributed by atoms with Gasteiger partial charge in [0.15, 0.2) is 0 Å². The van der Waals surface area contributed by atoms with Gasteiger partial charge in [-0.3, -0.25) is 9.59 Å². The van der Waals surface area contributed by atoms with Crippen LogP contribution in [0.4, 0.5) is 0 Å². The van der Waals surface area contributed by atoms with Crippen molar-refractivity contribution in [1.29, 1.82) is 0 Å². The normalized spacial score (nSPS) is 28.4. The van der Waals surface area contributed by atoms with Gasteiger partial charge in [0.1, 0.15) is 18.0 Å². The van der Waals surface area contributed by atoms with E-state index < -0.39 is 18.2 Å². The molecule has 0 aromatic heterocycles. The average molecular weight is 600 g/mol. The zero-order valence-corrected chi connectivity index (χ0v) is 21.8. The lowest BCUT2D eigenvalue weighted by Crippen LogP contribution is -2.57. The van der Waals surface area contributed by atoms with Crippen molar-refractivity contribution in [3.8, 4) is 5.75 Å². The first-order chi connectivity index (χ1) is 17.0. The summed E-state index contributed by atoms with van der Waals surface area (Å²) < 4.78 is 18.3. The van der Waals surface area contributed by atoms with E-state index in [9.17, 15) is 14.7 Å². The molecular formula is C25H33IN2O7. The van der Waals surface area contributed by atoms with Crippen LogP contribution in [0.15, 0.2) is 35.9 Å². The van der Waals surface area contributed by atoms with Crippen LogP contribution in [-0.2, 0) is 19.1 Å². The van der Waals surface area contributed by atoms with E-state index in [4.69, 9.17) is 19.3 Å². The van der Waals surface area contributed by atoms with Crippen LogP contribution in [-0.4, -0.2) is 90.8 Å². The van der Waals surface area contributed by atoms with E-state index in [1.54, 1.807) is 11.0 Å². The summed E-state index contributed by atoms with van der Waals surface area (Å²) in [5.74, 6) is -0.130. The van der Waals surface area contributed by atoms with Crippen molar-refractivity contribution in [2.45, 2.75) is 50.0 Å². The fourth-order valence-corrected chi connectivity index (χ4v) is 5.34. The molecule has 3 aliphatic rings. The molecule has 0 bridgehead atoms. The summed E-state index contributed by atoms with van der Waals surface area (Å²) in [5, 5.41) is 23.3. The second-order valence-corrected chi connectivity index (χ2v) is 10.3. The topological polar surface area (TPSA) is 118 Å². The summed E-state index contributed by atoms with van der Waals surface area (Å²) >= 11 is 2.16. The Kier molecular flexibility index (Phi) is 9.40. The lowest BCUT2D eigenvalue weighted by molar-refractivity contribution is -0.145. The van der Waals surface area contributed by atoms with Crippen LogP contribution in [0.2, 0.25) is 0 Å². The first-order valence-corrected chi connectivity index (χ1v) is 13.2. The van der Waals surface area contributed by atoms with E-state index in [1.807, 2.05) is 24.3 Å². The van der Waals surface area contributed by atoms with Crippen LogP contribution in [0, 0.1) is 9.49 Å². The minimum absolute atomic E-state index is 0.0906. The third-order valence-electron chi connectivity index (χ3n) is 6.70. The molecule has 2 fully saturated rings. The van der Waals surface area contributed by atoms with Gasteiger partial charge in [0.05, 0.1) is 34.8 Å². The summed E-state index contributed by atoms with van der Waals surface area (Å²) in [4.78, 5) is 28.2. The number of benzene rings is 1. The van der Waals surface area contributed by atoms with Gasteiger partial charge in [-0.2, -0.15) is 0 Å². The molecule has 1 aromatic carbocycles. The quantitative estimate of drug-likeness (QED) is 0.366. The molecule has 2 amide bonds. The van der Waals surface area contributed by atoms with Gasteiger partial charge in [0.2, 0.25) is 11.8 Å². The van der Waals surface area contributed by atoms with Gasteiger partial charge < -0.3 is 34.6 Å². The van der Waals surface area contributed by atoms with Crippen molar-refractivity contribution in [2.75, 3.05) is 39.5 Å². The Morgan fingerprint density at radius 2 is 2.06 bits per heavy atom. The number of hydrogen-bond donors (Lipinski definition) is 3. The van der Waals surface area contributed by atoms with Gasteiger partial charge in [-0.15, -0.1) is 0 Å². The van der Waals surface area contributed by atoms with Gasteiger partial charge in [-0.1, -0.05) is 12.1 Å². The number of para-hydroxylation sites is 1. The molecule has 0 radical (unpaired) electrons. The highest BCUT2D eigenvalue weighted by molar-refractivity contribution is 14.1. The molecule has 0 spiro atoms. The van der Waals surface area contributed by atoms with Crippen LogP contribution < -0.4 is 10.1 Å². The minimum atomic E-state index is -1.05. The number of halogens is 1. The highest BCUT2D eigenvalue weighted by Gasteiger charge is 2.43. The molecular weight excluding hydrogens is 567 g/mol. The van der Waals surface area contributed by atoms with E-state index in [0.717, 1.165) is 16.4 Å². The zero-order chi connectivity index (χ0) is 24.8. The summed E-state index contributed by atoms with van der Waals surface area (Å²) in [6.45, 7) is 1.81. The lowest BCUT2D eigenvalue weighted by atomic mass is 9.87. The number of aliphatic hydroxyl groups excluding tert-OH is 2. The number of hydrogen-bond acceptors (Lipinski definition) is 7. The summed E-state index contributed by atoms with van der Waals surface area (Å²) in [7, 11) is 0.